The van der Waals surface area contributed by atoms with Gasteiger partial charge < -0.3 is 4.52 Å². The molecular weight excluding hydrogens is 130 g/mol. The van der Waals surface area contributed by atoms with E-state index in [2.05, 4.69) is 15.4 Å². The summed E-state index contributed by atoms with van der Waals surface area (Å²) in [5.41, 5.74) is 1.60. The first-order valence-electron chi connectivity index (χ1n) is 2.90. The molecule has 0 amide bonds. The number of aromatic nitrogens is 3. The lowest BCUT2D eigenvalue weighted by atomic mass is 10.3. The van der Waals surface area contributed by atoms with Crippen LogP contribution in [0.3, 0.4) is 0 Å². The lowest BCUT2D eigenvalue weighted by Crippen LogP contribution is -1.84. The van der Waals surface area contributed by atoms with E-state index >= 15 is 0 Å². The zero-order valence-corrected chi connectivity index (χ0v) is 5.40. The van der Waals surface area contributed by atoms with Crippen LogP contribution in [0.2, 0.25) is 0 Å². The molecule has 4 heteroatoms. The van der Waals surface area contributed by atoms with E-state index in [1.54, 1.807) is 12.5 Å². The largest absolute Gasteiger partial charge is 0.363 e. The highest BCUT2D eigenvalue weighted by molar-refractivity contribution is 5.77. The van der Waals surface area contributed by atoms with Crippen molar-refractivity contribution in [2.45, 2.75) is 6.92 Å². The summed E-state index contributed by atoms with van der Waals surface area (Å²) in [7, 11) is 0. The number of rotatable bonds is 0. The molecule has 0 aliphatic carbocycles. The fourth-order valence-corrected chi connectivity index (χ4v) is 0.833. The van der Waals surface area contributed by atoms with Gasteiger partial charge in [-0.3, -0.25) is 0 Å². The van der Waals surface area contributed by atoms with Crippen molar-refractivity contribution in [1.29, 1.82) is 0 Å². The molecule has 0 radical (unpaired) electrons. The van der Waals surface area contributed by atoms with Crippen LogP contribution in [-0.2, 0) is 0 Å². The topological polar surface area (TPSA) is 51.8 Å². The second-order valence-corrected chi connectivity index (χ2v) is 2.04. The van der Waals surface area contributed by atoms with Gasteiger partial charge in [-0.05, 0) is 6.92 Å². The minimum atomic E-state index is 0.757. The van der Waals surface area contributed by atoms with Gasteiger partial charge in [-0.1, -0.05) is 5.16 Å². The first kappa shape index (κ1) is 5.34. The van der Waals surface area contributed by atoms with Gasteiger partial charge in [0.2, 0.25) is 0 Å². The molecule has 0 unspecified atom stereocenters. The molecule has 2 aromatic heterocycles. The van der Waals surface area contributed by atoms with E-state index in [-0.39, 0.29) is 0 Å². The molecular formula is C6H5N3O. The zero-order chi connectivity index (χ0) is 6.97. The third-order valence-corrected chi connectivity index (χ3v) is 1.38. The van der Waals surface area contributed by atoms with Crippen LogP contribution in [0.1, 0.15) is 5.69 Å². The van der Waals surface area contributed by atoms with Crippen molar-refractivity contribution in [1.82, 2.24) is 15.4 Å². The fourth-order valence-electron chi connectivity index (χ4n) is 0.833. The standard InChI is InChI=1S/C6H5N3O/c1-4-5-3-10-9-6(5)2-7-8-4/h2-3H,1H3. The Bertz CT molecular complexity index is 355. The quantitative estimate of drug-likeness (QED) is 0.539. The van der Waals surface area contributed by atoms with Crippen LogP contribution in [0, 0.1) is 6.92 Å². The van der Waals surface area contributed by atoms with E-state index in [1.165, 1.54) is 0 Å². The summed E-state index contributed by atoms with van der Waals surface area (Å²) in [6, 6.07) is 0. The smallest absolute Gasteiger partial charge is 0.135 e. The minimum Gasteiger partial charge on any atom is -0.363 e. The number of aryl methyl sites for hydroxylation is 1. The molecule has 0 aliphatic rings. The van der Waals surface area contributed by atoms with Crippen molar-refractivity contribution in [2.75, 3.05) is 0 Å². The van der Waals surface area contributed by atoms with Crippen LogP contribution in [-0.4, -0.2) is 15.4 Å². The summed E-state index contributed by atoms with van der Waals surface area (Å²) in [6.45, 7) is 1.87. The minimum absolute atomic E-state index is 0.757. The van der Waals surface area contributed by atoms with Gasteiger partial charge in [0, 0.05) is 0 Å². The van der Waals surface area contributed by atoms with E-state index in [1.807, 2.05) is 6.92 Å². The summed E-state index contributed by atoms with van der Waals surface area (Å²) in [6.07, 6.45) is 3.14. The van der Waals surface area contributed by atoms with Crippen LogP contribution < -0.4 is 0 Å². The Kier molecular flexibility index (Phi) is 0.943. The molecule has 0 fully saturated rings. The fraction of sp³-hybridized carbons (Fsp3) is 0.167. The average Bonchev–Trinajstić information content (AvgIpc) is 2.36. The normalized spacial score (nSPS) is 10.5. The maximum Gasteiger partial charge on any atom is 0.135 e. The van der Waals surface area contributed by atoms with Crippen LogP contribution in [0.15, 0.2) is 17.0 Å². The number of fused-ring (bicyclic) bond motifs is 1. The molecule has 0 saturated heterocycles. The summed E-state index contributed by atoms with van der Waals surface area (Å²) in [5.74, 6) is 0. The van der Waals surface area contributed by atoms with E-state index < -0.39 is 0 Å². The third-order valence-electron chi connectivity index (χ3n) is 1.38. The molecule has 2 heterocycles. The van der Waals surface area contributed by atoms with Gasteiger partial charge in [-0.15, -0.1) is 0 Å². The van der Waals surface area contributed by atoms with Crippen molar-refractivity contribution in [3.8, 4) is 0 Å². The second-order valence-electron chi connectivity index (χ2n) is 2.04. The van der Waals surface area contributed by atoms with E-state index in [4.69, 9.17) is 4.52 Å². The molecule has 0 aromatic carbocycles. The Hall–Kier alpha value is -1.45. The molecule has 0 bridgehead atoms. The maximum atomic E-state index is 4.72. The molecule has 0 aliphatic heterocycles. The predicted octanol–water partition coefficient (Wildman–Crippen LogP) is 0.926. The second kappa shape index (κ2) is 1.76. The van der Waals surface area contributed by atoms with E-state index in [0.29, 0.717) is 0 Å². The molecule has 50 valence electrons. The van der Waals surface area contributed by atoms with Crippen LogP contribution in [0.5, 0.6) is 0 Å². The summed E-state index contributed by atoms with van der Waals surface area (Å²) >= 11 is 0. The molecule has 2 aromatic rings. The Labute approximate surface area is 56.9 Å². The van der Waals surface area contributed by atoms with Crippen LogP contribution in [0.25, 0.3) is 10.9 Å². The lowest BCUT2D eigenvalue weighted by molar-refractivity contribution is 0.428. The van der Waals surface area contributed by atoms with E-state index in [0.717, 1.165) is 16.6 Å². The Morgan fingerprint density at radius 2 is 2.40 bits per heavy atom. The van der Waals surface area contributed by atoms with Crippen LogP contribution in [0.4, 0.5) is 0 Å². The highest BCUT2D eigenvalue weighted by atomic mass is 16.5. The Morgan fingerprint density at radius 1 is 1.50 bits per heavy atom. The maximum absolute atomic E-state index is 4.72. The van der Waals surface area contributed by atoms with Gasteiger partial charge in [0.05, 0.1) is 17.3 Å². The van der Waals surface area contributed by atoms with E-state index in [9.17, 15) is 0 Å². The van der Waals surface area contributed by atoms with Gasteiger partial charge in [-0.2, -0.15) is 10.2 Å². The van der Waals surface area contributed by atoms with Gasteiger partial charge in [0.25, 0.3) is 0 Å². The van der Waals surface area contributed by atoms with Gasteiger partial charge in [-0.25, -0.2) is 0 Å². The molecule has 4 nitrogen and oxygen atoms in total. The van der Waals surface area contributed by atoms with Gasteiger partial charge in [0.1, 0.15) is 11.8 Å². The molecule has 0 saturated carbocycles. The van der Waals surface area contributed by atoms with Crippen LogP contribution >= 0.6 is 0 Å². The highest BCUT2D eigenvalue weighted by Gasteiger charge is 2.00. The lowest BCUT2D eigenvalue weighted by Gasteiger charge is -1.86. The van der Waals surface area contributed by atoms with Gasteiger partial charge in [0.15, 0.2) is 0 Å². The number of nitrogens with zero attached hydrogens (tertiary/aromatic N) is 3. The zero-order valence-electron chi connectivity index (χ0n) is 5.40. The SMILES string of the molecule is Cc1nncc2nocc12. The number of hydrogen-bond donors (Lipinski definition) is 0. The predicted molar refractivity (Wildman–Crippen MR) is 34.3 cm³/mol. The first-order chi connectivity index (χ1) is 4.88. The average molecular weight is 135 g/mol. The summed E-state index contributed by atoms with van der Waals surface area (Å²) in [5, 5.41) is 12.2. The third kappa shape index (κ3) is 0.586. The number of hydrogen-bond acceptors (Lipinski definition) is 4. The Morgan fingerprint density at radius 3 is 3.20 bits per heavy atom. The van der Waals surface area contributed by atoms with Gasteiger partial charge >= 0.3 is 0 Å². The van der Waals surface area contributed by atoms with Crippen molar-refractivity contribution in [3.63, 3.8) is 0 Å². The molecule has 0 spiro atoms. The van der Waals surface area contributed by atoms with Crippen molar-refractivity contribution in [2.24, 2.45) is 0 Å². The summed E-state index contributed by atoms with van der Waals surface area (Å²) in [4.78, 5) is 0. The highest BCUT2D eigenvalue weighted by Crippen LogP contribution is 2.11. The first-order valence-corrected chi connectivity index (χ1v) is 2.90. The van der Waals surface area contributed by atoms with Crippen molar-refractivity contribution in [3.05, 3.63) is 18.2 Å². The monoisotopic (exact) mass is 135 g/mol. The molecule has 10 heavy (non-hydrogen) atoms. The molecule has 0 N–H and O–H groups in total. The van der Waals surface area contributed by atoms with Crippen molar-refractivity contribution < 1.29 is 4.52 Å². The summed E-state index contributed by atoms with van der Waals surface area (Å²) < 4.78 is 4.72. The van der Waals surface area contributed by atoms with Crippen molar-refractivity contribution >= 4 is 10.9 Å². The Balaban J connectivity index is 2.95. The molecule has 2 rings (SSSR count). The molecule has 0 atom stereocenters.